The van der Waals surface area contributed by atoms with E-state index in [2.05, 4.69) is 17.6 Å². The topological polar surface area (TPSA) is 75.2 Å². The van der Waals surface area contributed by atoms with Crippen LogP contribution in [0.25, 0.3) is 0 Å². The highest BCUT2D eigenvalue weighted by Gasteiger charge is 2.33. The van der Waals surface area contributed by atoms with E-state index in [1.165, 1.54) is 30.6 Å². The van der Waals surface area contributed by atoms with Gasteiger partial charge in [-0.05, 0) is 49.3 Å². The molecule has 0 saturated heterocycles. The summed E-state index contributed by atoms with van der Waals surface area (Å²) in [6.45, 7) is 5.18. The SMILES string of the molecule is CCNC(=NCc1cccc(OCC(=O)N(C)C)c1)NCC1(CCOC)CCCC1. The van der Waals surface area contributed by atoms with Crippen molar-refractivity contribution in [3.63, 3.8) is 0 Å². The van der Waals surface area contributed by atoms with Crippen LogP contribution in [0.3, 0.4) is 0 Å². The van der Waals surface area contributed by atoms with E-state index in [0.717, 1.165) is 37.6 Å². The summed E-state index contributed by atoms with van der Waals surface area (Å²) >= 11 is 0. The van der Waals surface area contributed by atoms with Crippen LogP contribution >= 0.6 is 0 Å². The maximum atomic E-state index is 11.7. The van der Waals surface area contributed by atoms with E-state index in [4.69, 9.17) is 14.5 Å². The summed E-state index contributed by atoms with van der Waals surface area (Å²) in [6, 6.07) is 7.75. The van der Waals surface area contributed by atoms with E-state index < -0.39 is 0 Å². The quantitative estimate of drug-likeness (QED) is 0.427. The smallest absolute Gasteiger partial charge is 0.259 e. The van der Waals surface area contributed by atoms with Crippen molar-refractivity contribution in [2.75, 3.05) is 47.5 Å². The number of hydrogen-bond donors (Lipinski definition) is 2. The third-order valence-electron chi connectivity index (χ3n) is 5.66. The molecule has 7 nitrogen and oxygen atoms in total. The van der Waals surface area contributed by atoms with Gasteiger partial charge in [0.1, 0.15) is 5.75 Å². The van der Waals surface area contributed by atoms with Crippen molar-refractivity contribution in [2.45, 2.75) is 45.6 Å². The molecule has 0 heterocycles. The van der Waals surface area contributed by atoms with Gasteiger partial charge in [-0.15, -0.1) is 0 Å². The molecule has 1 aliphatic rings. The van der Waals surface area contributed by atoms with Gasteiger partial charge in [0, 0.05) is 40.9 Å². The van der Waals surface area contributed by atoms with E-state index >= 15 is 0 Å². The van der Waals surface area contributed by atoms with E-state index in [1.54, 1.807) is 21.2 Å². The number of rotatable bonds is 11. The first kappa shape index (κ1) is 24.0. The molecule has 1 fully saturated rings. The molecular weight excluding hydrogens is 380 g/mol. The van der Waals surface area contributed by atoms with Gasteiger partial charge in [0.15, 0.2) is 12.6 Å². The number of ether oxygens (including phenoxy) is 2. The molecule has 1 aromatic carbocycles. The van der Waals surface area contributed by atoms with Crippen LogP contribution in [-0.4, -0.2) is 64.3 Å². The number of benzene rings is 1. The average molecular weight is 419 g/mol. The Morgan fingerprint density at radius 2 is 2.00 bits per heavy atom. The Morgan fingerprint density at radius 1 is 1.23 bits per heavy atom. The molecule has 1 amide bonds. The third kappa shape index (κ3) is 7.86. The highest BCUT2D eigenvalue weighted by atomic mass is 16.5. The molecule has 1 saturated carbocycles. The van der Waals surface area contributed by atoms with Crippen LogP contribution in [0.15, 0.2) is 29.3 Å². The molecule has 0 spiro atoms. The van der Waals surface area contributed by atoms with Crippen molar-refractivity contribution < 1.29 is 14.3 Å². The van der Waals surface area contributed by atoms with Crippen molar-refractivity contribution in [3.05, 3.63) is 29.8 Å². The van der Waals surface area contributed by atoms with Crippen molar-refractivity contribution >= 4 is 11.9 Å². The van der Waals surface area contributed by atoms with Crippen LogP contribution < -0.4 is 15.4 Å². The van der Waals surface area contributed by atoms with Gasteiger partial charge in [-0.1, -0.05) is 25.0 Å². The van der Waals surface area contributed by atoms with Crippen LogP contribution in [0.5, 0.6) is 5.75 Å². The minimum atomic E-state index is -0.0635. The van der Waals surface area contributed by atoms with Crippen molar-refractivity contribution in [1.82, 2.24) is 15.5 Å². The van der Waals surface area contributed by atoms with E-state index in [-0.39, 0.29) is 12.5 Å². The van der Waals surface area contributed by atoms with E-state index in [9.17, 15) is 4.79 Å². The molecule has 0 aliphatic heterocycles. The zero-order valence-electron chi connectivity index (χ0n) is 19.0. The highest BCUT2D eigenvalue weighted by molar-refractivity contribution is 5.79. The van der Waals surface area contributed by atoms with Gasteiger partial charge in [-0.2, -0.15) is 0 Å². The van der Waals surface area contributed by atoms with Gasteiger partial charge in [0.05, 0.1) is 6.54 Å². The third-order valence-corrected chi connectivity index (χ3v) is 5.66. The lowest BCUT2D eigenvalue weighted by molar-refractivity contribution is -0.130. The van der Waals surface area contributed by atoms with Gasteiger partial charge in [0.2, 0.25) is 0 Å². The molecule has 0 aromatic heterocycles. The number of aliphatic imine (C=N–C) groups is 1. The number of likely N-dealkylation sites (N-methyl/N-ethyl adjacent to an activating group) is 1. The predicted molar refractivity (Wildman–Crippen MR) is 121 cm³/mol. The average Bonchev–Trinajstić information content (AvgIpc) is 3.22. The summed E-state index contributed by atoms with van der Waals surface area (Å²) < 4.78 is 10.9. The highest BCUT2D eigenvalue weighted by Crippen LogP contribution is 2.40. The van der Waals surface area contributed by atoms with Gasteiger partial charge in [0.25, 0.3) is 5.91 Å². The van der Waals surface area contributed by atoms with E-state index in [0.29, 0.717) is 17.7 Å². The van der Waals surface area contributed by atoms with Gasteiger partial charge in [-0.25, -0.2) is 4.99 Å². The Labute approximate surface area is 181 Å². The normalized spacial score (nSPS) is 15.7. The zero-order valence-corrected chi connectivity index (χ0v) is 19.0. The Bertz CT molecular complexity index is 685. The minimum Gasteiger partial charge on any atom is -0.484 e. The molecule has 30 heavy (non-hydrogen) atoms. The number of carbonyl (C=O) groups excluding carboxylic acids is 1. The second kappa shape index (κ2) is 12.4. The van der Waals surface area contributed by atoms with Crippen molar-refractivity contribution in [2.24, 2.45) is 10.4 Å². The summed E-state index contributed by atoms with van der Waals surface area (Å²) in [7, 11) is 5.21. The summed E-state index contributed by atoms with van der Waals surface area (Å²) in [6.07, 6.45) is 6.16. The fourth-order valence-electron chi connectivity index (χ4n) is 3.75. The van der Waals surface area contributed by atoms with Gasteiger partial charge < -0.3 is 25.0 Å². The number of guanidine groups is 1. The molecule has 2 rings (SSSR count). The number of methoxy groups -OCH3 is 1. The lowest BCUT2D eigenvalue weighted by Crippen LogP contribution is -2.43. The van der Waals surface area contributed by atoms with Crippen LogP contribution in [0, 0.1) is 5.41 Å². The van der Waals surface area contributed by atoms with Crippen molar-refractivity contribution in [3.8, 4) is 5.75 Å². The van der Waals surface area contributed by atoms with Crippen molar-refractivity contribution in [1.29, 1.82) is 0 Å². The molecular formula is C23H38N4O3. The van der Waals surface area contributed by atoms with Gasteiger partial charge in [-0.3, -0.25) is 4.79 Å². The Kier molecular flexibility index (Phi) is 9.94. The summed E-state index contributed by atoms with van der Waals surface area (Å²) in [5.74, 6) is 1.45. The maximum Gasteiger partial charge on any atom is 0.259 e. The lowest BCUT2D eigenvalue weighted by Gasteiger charge is -2.30. The van der Waals surface area contributed by atoms with Crippen LogP contribution in [0.1, 0.15) is 44.6 Å². The number of hydrogen-bond acceptors (Lipinski definition) is 4. The standard InChI is InChI=1S/C23H38N4O3/c1-5-24-22(26-18-23(13-14-29-4)11-6-7-12-23)25-16-19-9-8-10-20(15-19)30-17-21(28)27(2)3/h8-10,15H,5-7,11-14,16-18H2,1-4H3,(H2,24,25,26). The molecule has 0 unspecified atom stereocenters. The molecule has 0 atom stereocenters. The second-order valence-electron chi connectivity index (χ2n) is 8.22. The number of amides is 1. The minimum absolute atomic E-state index is 0.0352. The lowest BCUT2D eigenvalue weighted by atomic mass is 9.83. The van der Waals surface area contributed by atoms with Crippen LogP contribution in [0.2, 0.25) is 0 Å². The molecule has 2 N–H and O–H groups in total. The Morgan fingerprint density at radius 3 is 2.67 bits per heavy atom. The first-order chi connectivity index (χ1) is 14.5. The molecule has 7 heteroatoms. The molecule has 1 aliphatic carbocycles. The first-order valence-corrected chi connectivity index (χ1v) is 10.9. The molecule has 0 radical (unpaired) electrons. The number of nitrogens with one attached hydrogen (secondary N) is 2. The summed E-state index contributed by atoms with van der Waals surface area (Å²) in [5, 5.41) is 6.90. The Balaban J connectivity index is 1.95. The summed E-state index contributed by atoms with van der Waals surface area (Å²) in [4.78, 5) is 18.0. The van der Waals surface area contributed by atoms with Crippen LogP contribution in [0.4, 0.5) is 0 Å². The van der Waals surface area contributed by atoms with Crippen LogP contribution in [-0.2, 0) is 16.1 Å². The molecule has 0 bridgehead atoms. The summed E-state index contributed by atoms with van der Waals surface area (Å²) in [5.41, 5.74) is 1.34. The van der Waals surface area contributed by atoms with Gasteiger partial charge >= 0.3 is 0 Å². The molecule has 168 valence electrons. The number of nitrogens with zero attached hydrogens (tertiary/aromatic N) is 2. The second-order valence-corrected chi connectivity index (χ2v) is 8.22. The molecule has 1 aromatic rings. The predicted octanol–water partition coefficient (Wildman–Crippen LogP) is 2.81. The largest absolute Gasteiger partial charge is 0.484 e. The Hall–Kier alpha value is -2.28. The van der Waals surface area contributed by atoms with E-state index in [1.807, 2.05) is 24.3 Å². The maximum absolute atomic E-state index is 11.7. The monoisotopic (exact) mass is 418 g/mol. The number of carbonyl (C=O) groups is 1. The first-order valence-electron chi connectivity index (χ1n) is 10.9. The zero-order chi connectivity index (χ0) is 21.8. The fraction of sp³-hybridized carbons (Fsp3) is 0.652. The fourth-order valence-corrected chi connectivity index (χ4v) is 3.75.